The van der Waals surface area contributed by atoms with Crippen LogP contribution in [0.3, 0.4) is 0 Å². The molecule has 0 unspecified atom stereocenters. The van der Waals surface area contributed by atoms with Gasteiger partial charge >= 0.3 is 0 Å². The van der Waals surface area contributed by atoms with Crippen molar-refractivity contribution in [1.29, 1.82) is 0 Å². The molecule has 4 nitrogen and oxygen atoms in total. The van der Waals surface area contributed by atoms with E-state index in [0.29, 0.717) is 0 Å². The van der Waals surface area contributed by atoms with Crippen LogP contribution in [0.4, 0.5) is 0 Å². The van der Waals surface area contributed by atoms with Crippen LogP contribution in [0, 0.1) is 0 Å². The summed E-state index contributed by atoms with van der Waals surface area (Å²) in [5.41, 5.74) is 10.2. The molecule has 0 amide bonds. The van der Waals surface area contributed by atoms with Crippen molar-refractivity contribution in [2.75, 3.05) is 0 Å². The van der Waals surface area contributed by atoms with Crippen LogP contribution in [0.25, 0.3) is 75.8 Å². The fourth-order valence-corrected chi connectivity index (χ4v) is 8.04. The highest BCUT2D eigenvalue weighted by Gasteiger charge is 2.28. The molecular formula is C38H21N3OS. The summed E-state index contributed by atoms with van der Waals surface area (Å²) >= 11 is 1.64. The average molecular weight is 568 g/mol. The van der Waals surface area contributed by atoms with Crippen LogP contribution < -0.4 is 0 Å². The molecule has 1 aliphatic carbocycles. The Morgan fingerprint density at radius 1 is 0.488 bits per heavy atom. The SMILES string of the molecule is O=C1c2ccccc2-c2cc3nc(-n4c5ccccc5c5cc6c(cc54)c4ccccc4n6-c4ccccc4)sc3cc21. The first-order valence-corrected chi connectivity index (χ1v) is 15.2. The Morgan fingerprint density at radius 2 is 1.09 bits per heavy atom. The number of nitrogens with zero attached hydrogens (tertiary/aromatic N) is 3. The van der Waals surface area contributed by atoms with Gasteiger partial charge in [-0.2, -0.15) is 0 Å². The lowest BCUT2D eigenvalue weighted by molar-refractivity contribution is 0.104. The van der Waals surface area contributed by atoms with E-state index in [2.05, 4.69) is 106 Å². The highest BCUT2D eigenvalue weighted by Crippen LogP contribution is 2.43. The van der Waals surface area contributed by atoms with Gasteiger partial charge in [-0.15, -0.1) is 0 Å². The maximum Gasteiger partial charge on any atom is 0.195 e. The Hall–Kier alpha value is -5.52. The summed E-state index contributed by atoms with van der Waals surface area (Å²) in [7, 11) is 0. The molecule has 0 fully saturated rings. The lowest BCUT2D eigenvalue weighted by Gasteiger charge is -2.08. The van der Waals surface area contributed by atoms with E-state index in [1.165, 1.54) is 32.6 Å². The van der Waals surface area contributed by atoms with Gasteiger partial charge < -0.3 is 4.57 Å². The molecule has 10 rings (SSSR count). The molecule has 0 bridgehead atoms. The van der Waals surface area contributed by atoms with Crippen LogP contribution >= 0.6 is 11.3 Å². The van der Waals surface area contributed by atoms with Gasteiger partial charge in [-0.05, 0) is 59.7 Å². The summed E-state index contributed by atoms with van der Waals surface area (Å²) in [6, 6.07) is 44.5. The van der Waals surface area contributed by atoms with Crippen LogP contribution in [-0.4, -0.2) is 19.9 Å². The standard InChI is InChI=1S/C38H21N3OS/c42-37-26-15-5-4-12-23(26)27-18-31-36(21-30(27)37)43-38(39-31)41-33-17-9-7-14-25(33)29-19-34-28(20-35(29)41)24-13-6-8-16-32(24)40(34)22-10-2-1-3-11-22/h1-21H. The summed E-state index contributed by atoms with van der Waals surface area (Å²) < 4.78 is 5.68. The third-order valence-electron chi connectivity index (χ3n) is 8.89. The van der Waals surface area contributed by atoms with Crippen LogP contribution in [-0.2, 0) is 0 Å². The third-order valence-corrected chi connectivity index (χ3v) is 9.90. The Kier molecular flexibility index (Phi) is 4.44. The van der Waals surface area contributed by atoms with Crippen LogP contribution in [0.15, 0.2) is 127 Å². The molecule has 0 radical (unpaired) electrons. The van der Waals surface area contributed by atoms with Crippen LogP contribution in [0.5, 0.6) is 0 Å². The van der Waals surface area contributed by atoms with Crippen molar-refractivity contribution in [2.24, 2.45) is 0 Å². The number of hydrogen-bond acceptors (Lipinski definition) is 3. The summed E-state index contributed by atoms with van der Waals surface area (Å²) in [5.74, 6) is 0.0940. The molecule has 0 saturated carbocycles. The second-order valence-electron chi connectivity index (χ2n) is 11.2. The maximum absolute atomic E-state index is 13.2. The molecule has 5 heteroatoms. The fraction of sp³-hybridized carbons (Fsp3) is 0. The predicted molar refractivity (Wildman–Crippen MR) is 177 cm³/mol. The van der Waals surface area contributed by atoms with Crippen molar-refractivity contribution in [3.63, 3.8) is 0 Å². The maximum atomic E-state index is 13.2. The first-order chi connectivity index (χ1) is 21.2. The van der Waals surface area contributed by atoms with E-state index in [4.69, 9.17) is 4.98 Å². The molecule has 0 saturated heterocycles. The van der Waals surface area contributed by atoms with E-state index in [0.717, 1.165) is 54.3 Å². The Morgan fingerprint density at radius 3 is 1.84 bits per heavy atom. The number of carbonyl (C=O) groups is 1. The van der Waals surface area contributed by atoms with Crippen molar-refractivity contribution in [2.45, 2.75) is 0 Å². The Bertz CT molecular complexity index is 2640. The predicted octanol–water partition coefficient (Wildman–Crippen LogP) is 9.70. The van der Waals surface area contributed by atoms with E-state index >= 15 is 0 Å². The highest BCUT2D eigenvalue weighted by atomic mass is 32.1. The molecule has 200 valence electrons. The van der Waals surface area contributed by atoms with Gasteiger partial charge in [-0.3, -0.25) is 9.36 Å². The van der Waals surface area contributed by atoms with Crippen molar-refractivity contribution in [1.82, 2.24) is 14.1 Å². The van der Waals surface area contributed by atoms with E-state index < -0.39 is 0 Å². The van der Waals surface area contributed by atoms with Gasteiger partial charge in [0.2, 0.25) is 0 Å². The summed E-state index contributed by atoms with van der Waals surface area (Å²) in [5, 5.41) is 5.71. The Balaban J connectivity index is 1.28. The first kappa shape index (κ1) is 23.1. The second-order valence-corrected chi connectivity index (χ2v) is 12.2. The molecule has 9 aromatic rings. The Labute approximate surface area is 249 Å². The molecule has 0 spiro atoms. The normalized spacial score (nSPS) is 12.7. The minimum Gasteiger partial charge on any atom is -0.309 e. The zero-order valence-electron chi connectivity index (χ0n) is 22.8. The third kappa shape index (κ3) is 3.04. The molecule has 43 heavy (non-hydrogen) atoms. The van der Waals surface area contributed by atoms with Crippen LogP contribution in [0.2, 0.25) is 0 Å². The molecule has 6 aromatic carbocycles. The average Bonchev–Trinajstić information content (AvgIpc) is 3.78. The van der Waals surface area contributed by atoms with E-state index in [-0.39, 0.29) is 5.78 Å². The largest absolute Gasteiger partial charge is 0.309 e. The lowest BCUT2D eigenvalue weighted by atomic mass is 10.1. The molecule has 3 heterocycles. The van der Waals surface area contributed by atoms with Crippen molar-refractivity contribution >= 4 is 70.9 Å². The number of thiazole rings is 1. The lowest BCUT2D eigenvalue weighted by Crippen LogP contribution is -1.94. The number of para-hydroxylation sites is 3. The number of benzene rings is 6. The quantitative estimate of drug-likeness (QED) is 0.209. The van der Waals surface area contributed by atoms with Crippen LogP contribution in [0.1, 0.15) is 15.9 Å². The second kappa shape index (κ2) is 8.28. The van der Waals surface area contributed by atoms with Crippen molar-refractivity contribution in [3.8, 4) is 21.9 Å². The van der Waals surface area contributed by atoms with Gasteiger partial charge in [0.25, 0.3) is 0 Å². The number of fused-ring (bicyclic) bond motifs is 10. The number of hydrogen-bond donors (Lipinski definition) is 0. The topological polar surface area (TPSA) is 39.8 Å². The number of carbonyl (C=O) groups excluding carboxylic acids is 1. The van der Waals surface area contributed by atoms with E-state index in [9.17, 15) is 4.79 Å². The van der Waals surface area contributed by atoms with Gasteiger partial charge in [-0.1, -0.05) is 90.2 Å². The monoisotopic (exact) mass is 567 g/mol. The summed E-state index contributed by atoms with van der Waals surface area (Å²) in [6.07, 6.45) is 0. The van der Waals surface area contributed by atoms with Crippen molar-refractivity contribution < 1.29 is 4.79 Å². The van der Waals surface area contributed by atoms with E-state index in [1.807, 2.05) is 30.3 Å². The van der Waals surface area contributed by atoms with Gasteiger partial charge in [0.05, 0.1) is 32.3 Å². The van der Waals surface area contributed by atoms with Gasteiger partial charge in [-0.25, -0.2) is 4.98 Å². The highest BCUT2D eigenvalue weighted by molar-refractivity contribution is 7.20. The van der Waals surface area contributed by atoms with Gasteiger partial charge in [0.15, 0.2) is 10.9 Å². The van der Waals surface area contributed by atoms with E-state index in [1.54, 1.807) is 11.3 Å². The minimum atomic E-state index is 0.0940. The van der Waals surface area contributed by atoms with Gasteiger partial charge in [0.1, 0.15) is 0 Å². The molecule has 1 aliphatic rings. The number of rotatable bonds is 2. The smallest absolute Gasteiger partial charge is 0.195 e. The zero-order valence-corrected chi connectivity index (χ0v) is 23.6. The molecular weight excluding hydrogens is 547 g/mol. The molecule has 0 N–H and O–H groups in total. The van der Waals surface area contributed by atoms with Gasteiger partial charge in [0, 0.05) is 38.4 Å². The first-order valence-electron chi connectivity index (χ1n) is 14.4. The summed E-state index contributed by atoms with van der Waals surface area (Å²) in [6.45, 7) is 0. The molecule has 0 aliphatic heterocycles. The fourth-order valence-electron chi connectivity index (χ4n) is 7.02. The number of aromatic nitrogens is 3. The minimum absolute atomic E-state index is 0.0940. The molecule has 3 aromatic heterocycles. The van der Waals surface area contributed by atoms with Crippen molar-refractivity contribution in [3.05, 3.63) is 139 Å². The number of ketones is 1. The zero-order chi connectivity index (χ0) is 28.2. The summed E-state index contributed by atoms with van der Waals surface area (Å²) in [4.78, 5) is 18.4. The molecule has 0 atom stereocenters.